The predicted octanol–water partition coefficient (Wildman–Crippen LogP) is 2.02. The topological polar surface area (TPSA) is 21.1 Å². The van der Waals surface area contributed by atoms with E-state index in [4.69, 9.17) is 0 Å². The number of aromatic nitrogens is 2. The van der Waals surface area contributed by atoms with Crippen LogP contribution in [-0.4, -0.2) is 27.8 Å². The Morgan fingerprint density at radius 2 is 2.23 bits per heavy atom. The van der Waals surface area contributed by atoms with E-state index in [-0.39, 0.29) is 0 Å². The smallest absolute Gasteiger partial charge is 0.128 e. The van der Waals surface area contributed by atoms with E-state index in [9.17, 15) is 0 Å². The second-order valence-electron chi connectivity index (χ2n) is 3.59. The Morgan fingerprint density at radius 3 is 2.62 bits per heavy atom. The van der Waals surface area contributed by atoms with Crippen molar-refractivity contribution < 1.29 is 0 Å². The fourth-order valence-electron chi connectivity index (χ4n) is 1.05. The van der Waals surface area contributed by atoms with Gasteiger partial charge in [0.15, 0.2) is 0 Å². The molecule has 0 aliphatic heterocycles. The molecule has 0 bridgehead atoms. The van der Waals surface area contributed by atoms with Gasteiger partial charge in [-0.3, -0.25) is 9.58 Å². The second-order valence-corrected chi connectivity index (χ2v) is 4.40. The van der Waals surface area contributed by atoms with E-state index >= 15 is 0 Å². The van der Waals surface area contributed by atoms with Crippen LogP contribution in [0.2, 0.25) is 0 Å². The van der Waals surface area contributed by atoms with Crippen molar-refractivity contribution in [2.45, 2.75) is 26.4 Å². The first kappa shape index (κ1) is 10.7. The summed E-state index contributed by atoms with van der Waals surface area (Å²) in [6.45, 7) is 5.31. The summed E-state index contributed by atoms with van der Waals surface area (Å²) in [5, 5.41) is 4.23. The third kappa shape index (κ3) is 2.81. The van der Waals surface area contributed by atoms with Gasteiger partial charge in [0.25, 0.3) is 0 Å². The molecular weight excluding hydrogens is 230 g/mol. The molecule has 0 saturated heterocycles. The van der Waals surface area contributed by atoms with Gasteiger partial charge in [0.1, 0.15) is 4.60 Å². The standard InChI is InChI=1S/C9H16BrN3/c1-7(2)12(3)6-8-5-9(10)11-13(8)4/h5,7H,6H2,1-4H3. The lowest BCUT2D eigenvalue weighted by Gasteiger charge is -2.20. The molecule has 0 atom stereocenters. The Labute approximate surface area is 87.9 Å². The molecule has 3 nitrogen and oxygen atoms in total. The molecule has 0 spiro atoms. The molecule has 0 aliphatic rings. The summed E-state index contributed by atoms with van der Waals surface area (Å²) in [6, 6.07) is 2.62. The summed E-state index contributed by atoms with van der Waals surface area (Å²) < 4.78 is 2.81. The number of nitrogens with zero attached hydrogens (tertiary/aromatic N) is 3. The lowest BCUT2D eigenvalue weighted by molar-refractivity contribution is 0.259. The van der Waals surface area contributed by atoms with E-state index in [2.05, 4.69) is 52.9 Å². The van der Waals surface area contributed by atoms with Crippen LogP contribution in [0.3, 0.4) is 0 Å². The largest absolute Gasteiger partial charge is 0.298 e. The maximum absolute atomic E-state index is 4.23. The van der Waals surface area contributed by atoms with E-state index in [1.54, 1.807) is 0 Å². The molecule has 0 amide bonds. The van der Waals surface area contributed by atoms with Crippen LogP contribution in [-0.2, 0) is 13.6 Å². The summed E-state index contributed by atoms with van der Waals surface area (Å²) in [7, 11) is 4.08. The quantitative estimate of drug-likeness (QED) is 0.813. The van der Waals surface area contributed by atoms with E-state index in [1.165, 1.54) is 5.69 Å². The minimum atomic E-state index is 0.564. The minimum Gasteiger partial charge on any atom is -0.298 e. The van der Waals surface area contributed by atoms with Crippen LogP contribution < -0.4 is 0 Å². The molecule has 0 aliphatic carbocycles. The van der Waals surface area contributed by atoms with E-state index < -0.39 is 0 Å². The van der Waals surface area contributed by atoms with Gasteiger partial charge in [0.2, 0.25) is 0 Å². The minimum absolute atomic E-state index is 0.564. The first-order chi connectivity index (χ1) is 6.00. The lowest BCUT2D eigenvalue weighted by atomic mass is 10.3. The molecule has 1 aromatic rings. The summed E-state index contributed by atoms with van der Waals surface area (Å²) in [5.41, 5.74) is 1.23. The molecule has 0 aromatic carbocycles. The second kappa shape index (κ2) is 4.24. The van der Waals surface area contributed by atoms with Gasteiger partial charge < -0.3 is 0 Å². The van der Waals surface area contributed by atoms with Crippen molar-refractivity contribution in [3.8, 4) is 0 Å². The number of hydrogen-bond donors (Lipinski definition) is 0. The van der Waals surface area contributed by atoms with Gasteiger partial charge in [-0.1, -0.05) is 0 Å². The highest BCUT2D eigenvalue weighted by atomic mass is 79.9. The van der Waals surface area contributed by atoms with Gasteiger partial charge in [-0.05, 0) is 42.9 Å². The Balaban J connectivity index is 2.68. The Bertz CT molecular complexity index is 280. The van der Waals surface area contributed by atoms with Crippen molar-refractivity contribution in [3.05, 3.63) is 16.4 Å². The molecule has 0 radical (unpaired) electrons. The predicted molar refractivity (Wildman–Crippen MR) is 57.5 cm³/mol. The molecule has 0 unspecified atom stereocenters. The van der Waals surface area contributed by atoms with Gasteiger partial charge >= 0.3 is 0 Å². The van der Waals surface area contributed by atoms with Crippen LogP contribution in [0, 0.1) is 0 Å². The van der Waals surface area contributed by atoms with Crippen LogP contribution in [0.5, 0.6) is 0 Å². The molecule has 74 valence electrons. The van der Waals surface area contributed by atoms with E-state index in [0.29, 0.717) is 6.04 Å². The van der Waals surface area contributed by atoms with Gasteiger partial charge in [-0.25, -0.2) is 0 Å². The molecule has 1 heterocycles. The number of halogens is 1. The maximum Gasteiger partial charge on any atom is 0.128 e. The summed E-state index contributed by atoms with van der Waals surface area (Å²) in [6.07, 6.45) is 0. The average Bonchev–Trinajstić information content (AvgIpc) is 2.30. The zero-order chi connectivity index (χ0) is 10.0. The maximum atomic E-state index is 4.23. The van der Waals surface area contributed by atoms with Gasteiger partial charge in [-0.2, -0.15) is 5.10 Å². The summed E-state index contributed by atoms with van der Waals surface area (Å²) in [5.74, 6) is 0. The monoisotopic (exact) mass is 245 g/mol. The van der Waals surface area contributed by atoms with Crippen molar-refractivity contribution >= 4 is 15.9 Å². The molecule has 0 N–H and O–H groups in total. The normalized spacial score (nSPS) is 11.6. The zero-order valence-corrected chi connectivity index (χ0v) is 10.2. The third-order valence-electron chi connectivity index (χ3n) is 2.24. The van der Waals surface area contributed by atoms with Crippen molar-refractivity contribution in [3.63, 3.8) is 0 Å². The van der Waals surface area contributed by atoms with Crippen molar-refractivity contribution in [2.24, 2.45) is 7.05 Å². The Morgan fingerprint density at radius 1 is 1.62 bits per heavy atom. The summed E-state index contributed by atoms with van der Waals surface area (Å²) >= 11 is 3.36. The SMILES string of the molecule is CC(C)N(C)Cc1cc(Br)nn1C. The molecule has 1 aromatic heterocycles. The number of hydrogen-bond acceptors (Lipinski definition) is 2. The Hall–Kier alpha value is -0.350. The first-order valence-corrected chi connectivity index (χ1v) is 5.18. The highest BCUT2D eigenvalue weighted by Gasteiger charge is 2.08. The van der Waals surface area contributed by atoms with Crippen molar-refractivity contribution in [2.75, 3.05) is 7.05 Å². The highest BCUT2D eigenvalue weighted by Crippen LogP contribution is 2.11. The molecule has 4 heteroatoms. The number of aryl methyl sites for hydroxylation is 1. The van der Waals surface area contributed by atoms with Gasteiger partial charge in [0, 0.05) is 19.6 Å². The van der Waals surface area contributed by atoms with Crippen LogP contribution in [0.4, 0.5) is 0 Å². The van der Waals surface area contributed by atoms with Crippen LogP contribution in [0.25, 0.3) is 0 Å². The van der Waals surface area contributed by atoms with Gasteiger partial charge in [-0.15, -0.1) is 0 Å². The van der Waals surface area contributed by atoms with Crippen LogP contribution in [0.15, 0.2) is 10.7 Å². The van der Waals surface area contributed by atoms with Crippen LogP contribution >= 0.6 is 15.9 Å². The lowest BCUT2D eigenvalue weighted by Crippen LogP contribution is -2.26. The summed E-state index contributed by atoms with van der Waals surface area (Å²) in [4.78, 5) is 2.28. The van der Waals surface area contributed by atoms with Crippen molar-refractivity contribution in [1.82, 2.24) is 14.7 Å². The van der Waals surface area contributed by atoms with E-state index in [0.717, 1.165) is 11.1 Å². The third-order valence-corrected chi connectivity index (χ3v) is 2.63. The molecular formula is C9H16BrN3. The van der Waals surface area contributed by atoms with Crippen molar-refractivity contribution in [1.29, 1.82) is 0 Å². The number of rotatable bonds is 3. The fourth-order valence-corrected chi connectivity index (χ4v) is 1.56. The molecule has 0 fully saturated rings. The first-order valence-electron chi connectivity index (χ1n) is 4.39. The molecule has 0 saturated carbocycles. The van der Waals surface area contributed by atoms with Gasteiger partial charge in [0.05, 0.1) is 5.69 Å². The van der Waals surface area contributed by atoms with Crippen LogP contribution in [0.1, 0.15) is 19.5 Å². The molecule has 1 rings (SSSR count). The molecule has 13 heavy (non-hydrogen) atoms. The van der Waals surface area contributed by atoms with E-state index in [1.807, 2.05) is 11.7 Å². The zero-order valence-electron chi connectivity index (χ0n) is 8.58. The Kier molecular flexibility index (Phi) is 3.50. The highest BCUT2D eigenvalue weighted by molar-refractivity contribution is 9.10. The average molecular weight is 246 g/mol. The fraction of sp³-hybridized carbons (Fsp3) is 0.667.